The van der Waals surface area contributed by atoms with E-state index in [1.165, 1.54) is 10.6 Å². The molecule has 0 atom stereocenters. The lowest BCUT2D eigenvalue weighted by Gasteiger charge is -2.19. The van der Waals surface area contributed by atoms with Crippen LogP contribution in [0.1, 0.15) is 42.2 Å². The molecule has 0 aliphatic heterocycles. The predicted molar refractivity (Wildman–Crippen MR) is 63.3 cm³/mol. The van der Waals surface area contributed by atoms with Crippen molar-refractivity contribution in [3.8, 4) is 0 Å². The molecule has 0 spiro atoms. The van der Waals surface area contributed by atoms with Crippen molar-refractivity contribution in [2.24, 2.45) is 0 Å². The maximum absolute atomic E-state index is 11.7. The second kappa shape index (κ2) is 4.65. The molecule has 0 saturated carbocycles. The molecule has 1 aromatic rings. The van der Waals surface area contributed by atoms with Crippen LogP contribution in [0.4, 0.5) is 0 Å². The SMILES string of the molecule is CCC(=O)Cn1c2c(ccc1=O)C(=O)CCC2. The third kappa shape index (κ3) is 2.20. The van der Waals surface area contributed by atoms with Gasteiger partial charge in [0.25, 0.3) is 5.56 Å². The fourth-order valence-corrected chi connectivity index (χ4v) is 2.16. The Bertz CT molecular complexity index is 528. The molecule has 17 heavy (non-hydrogen) atoms. The summed E-state index contributed by atoms with van der Waals surface area (Å²) in [5, 5.41) is 0. The van der Waals surface area contributed by atoms with Crippen LogP contribution in [0.25, 0.3) is 0 Å². The molecule has 0 aromatic carbocycles. The molecule has 0 saturated heterocycles. The summed E-state index contributed by atoms with van der Waals surface area (Å²) in [5.74, 6) is 0.0856. The summed E-state index contributed by atoms with van der Waals surface area (Å²) in [5.41, 5.74) is 1.15. The predicted octanol–water partition coefficient (Wildman–Crippen LogP) is 1.35. The Morgan fingerprint density at radius 1 is 1.29 bits per heavy atom. The molecular weight excluding hydrogens is 218 g/mol. The van der Waals surface area contributed by atoms with Gasteiger partial charge in [-0.2, -0.15) is 0 Å². The third-order valence-corrected chi connectivity index (χ3v) is 3.14. The number of nitrogens with zero attached hydrogens (tertiary/aromatic N) is 1. The van der Waals surface area contributed by atoms with Crippen LogP contribution < -0.4 is 5.56 Å². The van der Waals surface area contributed by atoms with E-state index >= 15 is 0 Å². The van der Waals surface area contributed by atoms with Gasteiger partial charge in [0.05, 0.1) is 6.54 Å². The van der Waals surface area contributed by atoms with Crippen molar-refractivity contribution < 1.29 is 9.59 Å². The Labute approximate surface area is 99.3 Å². The molecule has 4 nitrogen and oxygen atoms in total. The van der Waals surface area contributed by atoms with Crippen LogP contribution in [-0.2, 0) is 17.8 Å². The van der Waals surface area contributed by atoms with Crippen LogP contribution in [0.15, 0.2) is 16.9 Å². The molecule has 0 radical (unpaired) electrons. The molecular formula is C13H15NO3. The average Bonchev–Trinajstić information content (AvgIpc) is 2.33. The van der Waals surface area contributed by atoms with Crippen LogP contribution in [0.5, 0.6) is 0 Å². The first-order valence-electron chi connectivity index (χ1n) is 5.91. The van der Waals surface area contributed by atoms with Gasteiger partial charge < -0.3 is 4.57 Å². The highest BCUT2D eigenvalue weighted by molar-refractivity contribution is 5.98. The molecule has 0 fully saturated rings. The summed E-state index contributed by atoms with van der Waals surface area (Å²) >= 11 is 0. The first kappa shape index (κ1) is 11.8. The van der Waals surface area contributed by atoms with Gasteiger partial charge >= 0.3 is 0 Å². The molecule has 1 aliphatic rings. The number of carbonyl (C=O) groups excluding carboxylic acids is 2. The van der Waals surface area contributed by atoms with Crippen LogP contribution in [0, 0.1) is 0 Å². The maximum Gasteiger partial charge on any atom is 0.251 e. The summed E-state index contributed by atoms with van der Waals surface area (Å²) in [6.45, 7) is 1.86. The highest BCUT2D eigenvalue weighted by atomic mass is 16.1. The lowest BCUT2D eigenvalue weighted by atomic mass is 9.94. The van der Waals surface area contributed by atoms with E-state index in [2.05, 4.69) is 0 Å². The number of pyridine rings is 1. The minimum atomic E-state index is -0.194. The Morgan fingerprint density at radius 2 is 2.06 bits per heavy atom. The number of rotatable bonds is 3. The average molecular weight is 233 g/mol. The van der Waals surface area contributed by atoms with E-state index in [-0.39, 0.29) is 23.7 Å². The molecule has 0 N–H and O–H groups in total. The summed E-state index contributed by atoms with van der Waals surface area (Å²) in [7, 11) is 0. The van der Waals surface area contributed by atoms with Gasteiger partial charge in [-0.3, -0.25) is 14.4 Å². The van der Waals surface area contributed by atoms with E-state index < -0.39 is 0 Å². The van der Waals surface area contributed by atoms with Gasteiger partial charge in [0.15, 0.2) is 11.6 Å². The minimum Gasteiger partial charge on any atom is -0.305 e. The van der Waals surface area contributed by atoms with Gasteiger partial charge in [0.2, 0.25) is 0 Å². The second-order valence-corrected chi connectivity index (χ2v) is 4.29. The lowest BCUT2D eigenvalue weighted by Crippen LogP contribution is -2.30. The maximum atomic E-state index is 11.7. The molecule has 2 rings (SSSR count). The molecule has 1 aliphatic carbocycles. The lowest BCUT2D eigenvalue weighted by molar-refractivity contribution is -0.119. The fourth-order valence-electron chi connectivity index (χ4n) is 2.16. The quantitative estimate of drug-likeness (QED) is 0.791. The Morgan fingerprint density at radius 3 is 2.76 bits per heavy atom. The number of hydrogen-bond acceptors (Lipinski definition) is 3. The van der Waals surface area contributed by atoms with E-state index in [4.69, 9.17) is 0 Å². The van der Waals surface area contributed by atoms with Crippen LogP contribution >= 0.6 is 0 Å². The number of Topliss-reactive ketones (excluding diaryl/α,β-unsaturated/α-hetero) is 2. The van der Waals surface area contributed by atoms with Crippen LogP contribution in [-0.4, -0.2) is 16.1 Å². The van der Waals surface area contributed by atoms with E-state index in [0.717, 1.165) is 12.1 Å². The van der Waals surface area contributed by atoms with Gasteiger partial charge in [-0.05, 0) is 18.9 Å². The van der Waals surface area contributed by atoms with Crippen molar-refractivity contribution >= 4 is 11.6 Å². The van der Waals surface area contributed by atoms with Crippen molar-refractivity contribution in [1.29, 1.82) is 0 Å². The van der Waals surface area contributed by atoms with Crippen LogP contribution in [0.3, 0.4) is 0 Å². The van der Waals surface area contributed by atoms with Crippen molar-refractivity contribution in [1.82, 2.24) is 4.57 Å². The Balaban J connectivity index is 2.50. The smallest absolute Gasteiger partial charge is 0.251 e. The van der Waals surface area contributed by atoms with Crippen LogP contribution in [0.2, 0.25) is 0 Å². The van der Waals surface area contributed by atoms with E-state index in [1.807, 2.05) is 0 Å². The van der Waals surface area contributed by atoms with E-state index in [0.29, 0.717) is 24.8 Å². The largest absolute Gasteiger partial charge is 0.305 e. The summed E-state index contributed by atoms with van der Waals surface area (Å²) in [6, 6.07) is 2.97. The third-order valence-electron chi connectivity index (χ3n) is 3.14. The molecule has 1 aromatic heterocycles. The number of fused-ring (bicyclic) bond motifs is 1. The number of aromatic nitrogens is 1. The minimum absolute atomic E-state index is 0.0125. The van der Waals surface area contributed by atoms with Gasteiger partial charge in [-0.25, -0.2) is 0 Å². The van der Waals surface area contributed by atoms with Crippen molar-refractivity contribution in [2.45, 2.75) is 39.2 Å². The highest BCUT2D eigenvalue weighted by Gasteiger charge is 2.21. The molecule has 1 heterocycles. The summed E-state index contributed by atoms with van der Waals surface area (Å²) in [6.07, 6.45) is 2.40. The Hall–Kier alpha value is -1.71. The first-order chi connectivity index (χ1) is 8.13. The summed E-state index contributed by atoms with van der Waals surface area (Å²) < 4.78 is 1.46. The second-order valence-electron chi connectivity index (χ2n) is 4.29. The van der Waals surface area contributed by atoms with Crippen molar-refractivity contribution in [3.63, 3.8) is 0 Å². The monoisotopic (exact) mass is 233 g/mol. The molecule has 90 valence electrons. The van der Waals surface area contributed by atoms with Gasteiger partial charge in [-0.1, -0.05) is 6.92 Å². The number of carbonyl (C=O) groups is 2. The normalized spacial score (nSPS) is 14.5. The van der Waals surface area contributed by atoms with E-state index in [1.54, 1.807) is 13.0 Å². The van der Waals surface area contributed by atoms with E-state index in [9.17, 15) is 14.4 Å². The molecule has 0 amide bonds. The topological polar surface area (TPSA) is 56.1 Å². The number of hydrogen-bond donors (Lipinski definition) is 0. The van der Waals surface area contributed by atoms with Crippen molar-refractivity contribution in [3.05, 3.63) is 33.7 Å². The van der Waals surface area contributed by atoms with Gasteiger partial charge in [0.1, 0.15) is 0 Å². The molecule has 4 heteroatoms. The van der Waals surface area contributed by atoms with Gasteiger partial charge in [-0.15, -0.1) is 0 Å². The highest BCUT2D eigenvalue weighted by Crippen LogP contribution is 2.19. The fraction of sp³-hybridized carbons (Fsp3) is 0.462. The zero-order valence-corrected chi connectivity index (χ0v) is 9.86. The Kier molecular flexibility index (Phi) is 3.22. The zero-order valence-electron chi connectivity index (χ0n) is 9.86. The zero-order chi connectivity index (χ0) is 12.4. The standard InChI is InChI=1S/C13H15NO3/c1-2-9(15)8-14-11-4-3-5-12(16)10(11)6-7-13(14)17/h6-7H,2-5,8H2,1H3. The number of ketones is 2. The molecule has 0 bridgehead atoms. The molecule has 0 unspecified atom stereocenters. The van der Waals surface area contributed by atoms with Crippen molar-refractivity contribution in [2.75, 3.05) is 0 Å². The summed E-state index contributed by atoms with van der Waals surface area (Å²) in [4.78, 5) is 34.9. The first-order valence-corrected chi connectivity index (χ1v) is 5.91. The van der Waals surface area contributed by atoms with Gasteiger partial charge in [0, 0.05) is 30.2 Å².